The first-order chi connectivity index (χ1) is 12.3. The summed E-state index contributed by atoms with van der Waals surface area (Å²) in [5, 5.41) is 0. The number of allylic oxidation sites excluding steroid dienone is 4. The fraction of sp³-hybridized carbons (Fsp3) is 0.720. The molecule has 0 fully saturated rings. The van der Waals surface area contributed by atoms with Crippen LogP contribution in [-0.4, -0.2) is 15.4 Å². The molecule has 1 aliphatic rings. The number of amides is 1. The topological polar surface area (TPSA) is 40.9 Å². The van der Waals surface area contributed by atoms with E-state index in [4.69, 9.17) is 5.73 Å². The maximum Gasteiger partial charge on any atom is 4.00 e. The molecule has 1 N–H and O–H groups in total. The largest absolute Gasteiger partial charge is 4.00 e. The summed E-state index contributed by atoms with van der Waals surface area (Å²) in [4.78, 5) is 10.3. The molecule has 29 heavy (non-hydrogen) atoms. The Morgan fingerprint density at radius 3 is 1.55 bits per heavy atom. The van der Waals surface area contributed by atoms with Crippen molar-refractivity contribution < 1.29 is 30.6 Å². The van der Waals surface area contributed by atoms with Crippen LogP contribution in [0.15, 0.2) is 16.7 Å². The van der Waals surface area contributed by atoms with Crippen molar-refractivity contribution in [3.05, 3.63) is 43.4 Å². The molecule has 1 aliphatic carbocycles. The van der Waals surface area contributed by atoms with Crippen LogP contribution in [0.1, 0.15) is 98.8 Å². The van der Waals surface area contributed by atoms with E-state index in [9.17, 15) is 4.79 Å². The van der Waals surface area contributed by atoms with Gasteiger partial charge < -0.3 is 25.4 Å². The molecular formula is C25H50HfNOSi. The Hall–Kier alpha value is 0.0370. The molecule has 4 heteroatoms. The Kier molecular flexibility index (Phi) is 38.2. The van der Waals surface area contributed by atoms with Crippen molar-refractivity contribution >= 4 is 15.4 Å². The van der Waals surface area contributed by atoms with Crippen molar-refractivity contribution in [2.24, 2.45) is 5.92 Å². The average molecular weight is 587 g/mol. The molecule has 0 saturated carbocycles. The second-order valence-electron chi connectivity index (χ2n) is 7.38. The van der Waals surface area contributed by atoms with Crippen LogP contribution in [0.3, 0.4) is 0 Å². The number of nitrogens with one attached hydrogen (secondary N) is 1. The van der Waals surface area contributed by atoms with E-state index in [1.165, 1.54) is 61.7 Å². The smallest absolute Gasteiger partial charge is 0.668 e. The summed E-state index contributed by atoms with van der Waals surface area (Å²) in [6.45, 7) is 15.3. The Bertz CT molecular complexity index is 419. The number of carbonyl (C=O) groups is 1. The normalized spacial score (nSPS) is 14.0. The summed E-state index contributed by atoms with van der Waals surface area (Å²) < 4.78 is 0. The van der Waals surface area contributed by atoms with Crippen LogP contribution in [0.2, 0.25) is 13.1 Å². The third-order valence-corrected chi connectivity index (χ3v) is 4.74. The van der Waals surface area contributed by atoms with Gasteiger partial charge in [0.1, 0.15) is 0 Å². The summed E-state index contributed by atoms with van der Waals surface area (Å²) in [5.74, 6) is 0.151. The van der Waals surface area contributed by atoms with Gasteiger partial charge >= 0.3 is 25.8 Å². The van der Waals surface area contributed by atoms with Gasteiger partial charge in [-0.2, -0.15) is 11.1 Å². The summed E-state index contributed by atoms with van der Waals surface area (Å²) in [6, 6.07) is 0. The molecule has 0 aliphatic heterocycles. The van der Waals surface area contributed by atoms with Gasteiger partial charge in [0.15, 0.2) is 0 Å². The van der Waals surface area contributed by atoms with Crippen LogP contribution in [0.5, 0.6) is 0 Å². The fourth-order valence-electron chi connectivity index (χ4n) is 2.76. The molecular weight excluding hydrogens is 537 g/mol. The van der Waals surface area contributed by atoms with Gasteiger partial charge in [0, 0.05) is 15.4 Å². The molecule has 0 bridgehead atoms. The summed E-state index contributed by atoms with van der Waals surface area (Å²) >= 11 is 0. The zero-order valence-electron chi connectivity index (χ0n) is 21.1. The zero-order valence-corrected chi connectivity index (χ0v) is 25.9. The van der Waals surface area contributed by atoms with Gasteiger partial charge in [-0.15, -0.1) is 6.92 Å². The predicted octanol–water partition coefficient (Wildman–Crippen LogP) is 8.63. The van der Waals surface area contributed by atoms with Crippen LogP contribution in [0.25, 0.3) is 5.73 Å². The van der Waals surface area contributed by atoms with Crippen LogP contribution >= 0.6 is 0 Å². The standard InChI is InChI=1S/C12H25NO.C9H13.C2H7Si.2CH3.Hf/c1-2-3-4-5-6-7-8-9-10-11-12(13)14;1-6-5-7(2)9(4)8(6)3;1-3-2;;;/h2-11H2,1H3,(H2,13,14);6H,1-4H3;3H,1-2H3;2*1H3;/q;-1;;2*-1;+4/p-1. The first-order valence-corrected chi connectivity index (χ1v) is 12.9. The maximum atomic E-state index is 10.3. The molecule has 0 aromatic carbocycles. The van der Waals surface area contributed by atoms with Gasteiger partial charge in [-0.25, -0.2) is 5.57 Å². The third kappa shape index (κ3) is 26.0. The van der Waals surface area contributed by atoms with Crippen molar-refractivity contribution in [1.29, 1.82) is 0 Å². The molecule has 0 aromatic rings. The number of unbranched alkanes of at least 4 members (excludes halogenated alkanes) is 8. The minimum absolute atomic E-state index is 0. The molecule has 0 spiro atoms. The minimum Gasteiger partial charge on any atom is -0.668 e. The molecule has 169 valence electrons. The van der Waals surface area contributed by atoms with Crippen molar-refractivity contribution in [2.75, 3.05) is 0 Å². The second kappa shape index (κ2) is 28.0. The van der Waals surface area contributed by atoms with Gasteiger partial charge in [-0.3, -0.25) is 6.08 Å². The Morgan fingerprint density at radius 1 is 0.931 bits per heavy atom. The third-order valence-electron chi connectivity index (χ3n) is 4.74. The summed E-state index contributed by atoms with van der Waals surface area (Å²) in [5.41, 5.74) is 11.0. The summed E-state index contributed by atoms with van der Waals surface area (Å²) in [6.07, 6.45) is 15.2. The number of hydrogen-bond donors (Lipinski definition) is 0. The van der Waals surface area contributed by atoms with Crippen molar-refractivity contribution in [3.8, 4) is 0 Å². The van der Waals surface area contributed by atoms with Gasteiger partial charge in [-0.05, 0) is 12.8 Å². The van der Waals surface area contributed by atoms with E-state index in [0.717, 1.165) is 22.4 Å². The van der Waals surface area contributed by atoms with E-state index in [2.05, 4.69) is 53.8 Å². The molecule has 0 heterocycles. The van der Waals surface area contributed by atoms with E-state index in [1.54, 1.807) is 0 Å². The molecule has 1 rings (SSSR count). The van der Waals surface area contributed by atoms with E-state index < -0.39 is 5.91 Å². The molecule has 1 atom stereocenters. The maximum absolute atomic E-state index is 10.3. The van der Waals surface area contributed by atoms with Crippen molar-refractivity contribution in [3.63, 3.8) is 0 Å². The zero-order chi connectivity index (χ0) is 20.4. The Balaban J connectivity index is -0.000000111. The van der Waals surface area contributed by atoms with Crippen LogP contribution in [-0.2, 0) is 30.6 Å². The van der Waals surface area contributed by atoms with Gasteiger partial charge in [-0.1, -0.05) is 98.1 Å². The van der Waals surface area contributed by atoms with Gasteiger partial charge in [0.2, 0.25) is 0 Å². The van der Waals surface area contributed by atoms with Crippen LogP contribution in [0, 0.1) is 26.8 Å². The monoisotopic (exact) mass is 588 g/mol. The Morgan fingerprint density at radius 2 is 1.31 bits per heavy atom. The van der Waals surface area contributed by atoms with Crippen molar-refractivity contribution in [1.82, 2.24) is 0 Å². The fourth-order valence-corrected chi connectivity index (χ4v) is 2.76. The molecule has 1 unspecified atom stereocenters. The van der Waals surface area contributed by atoms with Crippen LogP contribution in [0.4, 0.5) is 0 Å². The molecule has 0 aromatic heterocycles. The number of carbonyl (C=O) groups excluding carboxylic acids is 1. The predicted molar refractivity (Wildman–Crippen MR) is 133 cm³/mol. The minimum atomic E-state index is -0.409. The van der Waals surface area contributed by atoms with Gasteiger partial charge in [0.25, 0.3) is 0 Å². The van der Waals surface area contributed by atoms with Crippen molar-refractivity contribution in [2.45, 2.75) is 112 Å². The molecule has 0 saturated heterocycles. The quantitative estimate of drug-likeness (QED) is 0.143. The molecule has 1 radical (unpaired) electrons. The molecule has 2 nitrogen and oxygen atoms in total. The molecule has 1 amide bonds. The average Bonchev–Trinajstić information content (AvgIpc) is 2.80. The van der Waals surface area contributed by atoms with E-state index in [0.29, 0.717) is 12.3 Å². The first-order valence-electron chi connectivity index (χ1n) is 10.6. The number of rotatable bonds is 10. The van der Waals surface area contributed by atoms with E-state index in [1.807, 2.05) is 0 Å². The first kappa shape index (κ1) is 39.5. The Labute approximate surface area is 206 Å². The van der Waals surface area contributed by atoms with Gasteiger partial charge in [0.05, 0.1) is 0 Å². The SMILES string of the molecule is CC1=[C-]C(C)C(C)=C1C.CCCCCCCCCCCC([NH-])=O.C[SiH]C.[CH3-].[CH3-].[Hf+4]. The van der Waals surface area contributed by atoms with E-state index >= 15 is 0 Å². The number of hydrogen-bond acceptors (Lipinski definition) is 1. The van der Waals surface area contributed by atoms with E-state index in [-0.39, 0.29) is 40.7 Å². The summed E-state index contributed by atoms with van der Waals surface area (Å²) in [7, 11) is 0.750. The second-order valence-corrected chi connectivity index (χ2v) is 8.53. The van der Waals surface area contributed by atoms with Crippen LogP contribution < -0.4 is 0 Å².